The molecule has 0 aromatic heterocycles. The first-order valence-electron chi connectivity index (χ1n) is 6.52. The van der Waals surface area contributed by atoms with Crippen LogP contribution in [0.2, 0.25) is 0 Å². The summed E-state index contributed by atoms with van der Waals surface area (Å²) < 4.78 is 26.4. The molecule has 1 aromatic rings. The molecule has 1 aromatic carbocycles. The lowest BCUT2D eigenvalue weighted by Crippen LogP contribution is -2.19. The summed E-state index contributed by atoms with van der Waals surface area (Å²) in [5, 5.41) is -0.173. The molecule has 1 aliphatic heterocycles. The maximum atomic E-state index is 11.9. The van der Waals surface area contributed by atoms with E-state index in [0.29, 0.717) is 5.69 Å². The predicted octanol–water partition coefficient (Wildman–Crippen LogP) is 2.19. The molecule has 0 unspecified atom stereocenters. The van der Waals surface area contributed by atoms with Crippen molar-refractivity contribution in [2.75, 3.05) is 22.7 Å². The molecule has 0 bridgehead atoms. The standard InChI is InChI=1S/C13H18N2O2S/c16-18(17,13-6-7-13)14-11-4-3-5-12(10-11)15-8-1-2-9-15/h3-5,10,13-14H,1-2,6-9H2. The van der Waals surface area contributed by atoms with Crippen molar-refractivity contribution in [3.05, 3.63) is 24.3 Å². The van der Waals surface area contributed by atoms with Crippen molar-refractivity contribution in [3.63, 3.8) is 0 Å². The quantitative estimate of drug-likeness (QED) is 0.909. The summed E-state index contributed by atoms with van der Waals surface area (Å²) in [6, 6.07) is 7.71. The third-order valence-electron chi connectivity index (χ3n) is 3.54. The lowest BCUT2D eigenvalue weighted by molar-refractivity contribution is 0.600. The molecule has 2 fully saturated rings. The minimum absolute atomic E-state index is 0.173. The van der Waals surface area contributed by atoms with Gasteiger partial charge >= 0.3 is 0 Å². The van der Waals surface area contributed by atoms with Crippen LogP contribution in [-0.2, 0) is 10.0 Å². The van der Waals surface area contributed by atoms with E-state index in [-0.39, 0.29) is 5.25 Å². The fourth-order valence-corrected chi connectivity index (χ4v) is 3.75. The highest BCUT2D eigenvalue weighted by molar-refractivity contribution is 7.93. The summed E-state index contributed by atoms with van der Waals surface area (Å²) in [7, 11) is -3.15. The van der Waals surface area contributed by atoms with Gasteiger partial charge in [-0.2, -0.15) is 0 Å². The van der Waals surface area contributed by atoms with Crippen molar-refractivity contribution >= 4 is 21.4 Å². The number of sulfonamides is 1. The molecule has 1 saturated carbocycles. The van der Waals surface area contributed by atoms with Crippen molar-refractivity contribution in [3.8, 4) is 0 Å². The van der Waals surface area contributed by atoms with Gasteiger partial charge in [-0.15, -0.1) is 0 Å². The number of rotatable bonds is 4. The van der Waals surface area contributed by atoms with Crippen LogP contribution in [0.25, 0.3) is 0 Å². The zero-order chi connectivity index (χ0) is 12.6. The Balaban J connectivity index is 1.78. The van der Waals surface area contributed by atoms with Gasteiger partial charge < -0.3 is 4.90 Å². The fourth-order valence-electron chi connectivity index (χ4n) is 2.37. The number of hydrogen-bond acceptors (Lipinski definition) is 3. The molecule has 18 heavy (non-hydrogen) atoms. The van der Waals surface area contributed by atoms with Crippen LogP contribution in [0.1, 0.15) is 25.7 Å². The van der Waals surface area contributed by atoms with Gasteiger partial charge in [-0.05, 0) is 43.9 Å². The highest BCUT2D eigenvalue weighted by Gasteiger charge is 2.35. The van der Waals surface area contributed by atoms with Crippen molar-refractivity contribution in [2.24, 2.45) is 0 Å². The fraction of sp³-hybridized carbons (Fsp3) is 0.538. The third kappa shape index (κ3) is 2.46. The van der Waals surface area contributed by atoms with E-state index >= 15 is 0 Å². The maximum absolute atomic E-state index is 11.9. The second-order valence-corrected chi connectivity index (χ2v) is 7.05. The second-order valence-electron chi connectivity index (χ2n) is 5.09. The van der Waals surface area contributed by atoms with E-state index in [1.807, 2.05) is 24.3 Å². The Bertz CT molecular complexity index is 532. The van der Waals surface area contributed by atoms with Crippen LogP contribution in [0.4, 0.5) is 11.4 Å². The molecule has 0 spiro atoms. The second kappa shape index (κ2) is 4.46. The maximum Gasteiger partial charge on any atom is 0.235 e. The van der Waals surface area contributed by atoms with Crippen LogP contribution < -0.4 is 9.62 Å². The SMILES string of the molecule is O=S(=O)(Nc1cccc(N2CCCC2)c1)C1CC1. The zero-order valence-electron chi connectivity index (χ0n) is 10.3. The van der Waals surface area contributed by atoms with Crippen LogP contribution in [0.5, 0.6) is 0 Å². The molecule has 1 heterocycles. The van der Waals surface area contributed by atoms with E-state index in [9.17, 15) is 8.42 Å². The van der Waals surface area contributed by atoms with Crippen LogP contribution >= 0.6 is 0 Å². The van der Waals surface area contributed by atoms with E-state index in [1.165, 1.54) is 12.8 Å². The molecule has 1 N–H and O–H groups in total. The van der Waals surface area contributed by atoms with Gasteiger partial charge in [0.15, 0.2) is 0 Å². The highest BCUT2D eigenvalue weighted by Crippen LogP contribution is 2.30. The molecular formula is C13H18N2O2S. The molecule has 2 aliphatic rings. The minimum Gasteiger partial charge on any atom is -0.371 e. The highest BCUT2D eigenvalue weighted by atomic mass is 32.2. The number of benzene rings is 1. The lowest BCUT2D eigenvalue weighted by atomic mass is 10.2. The Morgan fingerprint density at radius 2 is 1.89 bits per heavy atom. The van der Waals surface area contributed by atoms with Crippen LogP contribution in [0.15, 0.2) is 24.3 Å². The molecule has 4 nitrogen and oxygen atoms in total. The van der Waals surface area contributed by atoms with Crippen LogP contribution in [0.3, 0.4) is 0 Å². The van der Waals surface area contributed by atoms with E-state index < -0.39 is 10.0 Å². The molecule has 5 heteroatoms. The van der Waals surface area contributed by atoms with E-state index in [2.05, 4.69) is 9.62 Å². The van der Waals surface area contributed by atoms with E-state index in [1.54, 1.807) is 0 Å². The summed E-state index contributed by atoms with van der Waals surface area (Å²) in [6.07, 6.45) is 4.03. The first kappa shape index (κ1) is 11.8. The average Bonchev–Trinajstić information content (AvgIpc) is 3.06. The van der Waals surface area contributed by atoms with Crippen LogP contribution in [0, 0.1) is 0 Å². The van der Waals surface area contributed by atoms with Gasteiger partial charge in [-0.3, -0.25) is 4.72 Å². The topological polar surface area (TPSA) is 49.4 Å². The largest absolute Gasteiger partial charge is 0.371 e. The Labute approximate surface area is 108 Å². The van der Waals surface area contributed by atoms with Gasteiger partial charge in [0.1, 0.15) is 0 Å². The van der Waals surface area contributed by atoms with E-state index in [0.717, 1.165) is 31.6 Å². The summed E-state index contributed by atoms with van der Waals surface area (Å²) in [4.78, 5) is 2.30. The molecule has 0 radical (unpaired) electrons. The number of anilines is 2. The first-order chi connectivity index (χ1) is 8.65. The Kier molecular flexibility index (Phi) is 2.93. The smallest absolute Gasteiger partial charge is 0.235 e. The number of hydrogen-bond donors (Lipinski definition) is 1. The first-order valence-corrected chi connectivity index (χ1v) is 8.06. The Morgan fingerprint density at radius 1 is 1.17 bits per heavy atom. The monoisotopic (exact) mass is 266 g/mol. The van der Waals surface area contributed by atoms with Crippen molar-refractivity contribution in [1.82, 2.24) is 0 Å². The van der Waals surface area contributed by atoms with Crippen molar-refractivity contribution in [1.29, 1.82) is 0 Å². The normalized spacial score (nSPS) is 20.1. The minimum atomic E-state index is -3.15. The van der Waals surface area contributed by atoms with Gasteiger partial charge in [0.2, 0.25) is 10.0 Å². The van der Waals surface area contributed by atoms with E-state index in [4.69, 9.17) is 0 Å². The number of nitrogens with zero attached hydrogens (tertiary/aromatic N) is 1. The van der Waals surface area contributed by atoms with Crippen molar-refractivity contribution in [2.45, 2.75) is 30.9 Å². The van der Waals surface area contributed by atoms with Gasteiger partial charge in [-0.1, -0.05) is 6.07 Å². The molecule has 1 aliphatic carbocycles. The number of nitrogens with one attached hydrogen (secondary N) is 1. The van der Waals surface area contributed by atoms with Crippen LogP contribution in [-0.4, -0.2) is 26.8 Å². The summed E-state index contributed by atoms with van der Waals surface area (Å²) >= 11 is 0. The van der Waals surface area contributed by atoms with Gasteiger partial charge in [-0.25, -0.2) is 8.42 Å². The zero-order valence-corrected chi connectivity index (χ0v) is 11.1. The summed E-state index contributed by atoms with van der Waals surface area (Å²) in [5.74, 6) is 0. The summed E-state index contributed by atoms with van der Waals surface area (Å²) in [6.45, 7) is 2.14. The molecule has 3 rings (SSSR count). The van der Waals surface area contributed by atoms with Gasteiger partial charge in [0, 0.05) is 18.8 Å². The molecule has 1 saturated heterocycles. The third-order valence-corrected chi connectivity index (χ3v) is 5.41. The van der Waals surface area contributed by atoms with Crippen molar-refractivity contribution < 1.29 is 8.42 Å². The Hall–Kier alpha value is -1.23. The average molecular weight is 266 g/mol. The lowest BCUT2D eigenvalue weighted by Gasteiger charge is -2.18. The van der Waals surface area contributed by atoms with Gasteiger partial charge in [0.25, 0.3) is 0 Å². The molecule has 98 valence electrons. The predicted molar refractivity (Wildman–Crippen MR) is 73.5 cm³/mol. The molecular weight excluding hydrogens is 248 g/mol. The van der Waals surface area contributed by atoms with Gasteiger partial charge in [0.05, 0.1) is 10.9 Å². The Morgan fingerprint density at radius 3 is 2.56 bits per heavy atom. The molecule has 0 amide bonds. The summed E-state index contributed by atoms with van der Waals surface area (Å²) in [5.41, 5.74) is 1.80. The molecule has 0 atom stereocenters.